The molecule has 0 radical (unpaired) electrons. The van der Waals surface area contributed by atoms with E-state index in [9.17, 15) is 18.0 Å². The Labute approximate surface area is 258 Å². The van der Waals surface area contributed by atoms with E-state index in [4.69, 9.17) is 37.9 Å². The Morgan fingerprint density at radius 2 is 1.02 bits per heavy atom. The SMILES string of the molecule is CC(=O)CCOCCOCCOCCOCCOCCOCCOCCOCCNS(=O)(=O)c1nc(NC(C)=O)sc1C. The van der Waals surface area contributed by atoms with Gasteiger partial charge in [0.05, 0.1) is 106 Å². The number of thiazole rings is 1. The van der Waals surface area contributed by atoms with Gasteiger partial charge in [-0.25, -0.2) is 18.1 Å². The van der Waals surface area contributed by atoms with Gasteiger partial charge >= 0.3 is 0 Å². The largest absolute Gasteiger partial charge is 0.379 e. The molecule has 1 aromatic heterocycles. The average molecular weight is 658 g/mol. The third kappa shape index (κ3) is 22.5. The van der Waals surface area contributed by atoms with Crippen molar-refractivity contribution in [1.29, 1.82) is 0 Å². The number of ketones is 1. The highest BCUT2D eigenvalue weighted by Crippen LogP contribution is 2.25. The van der Waals surface area contributed by atoms with Gasteiger partial charge in [-0.2, -0.15) is 0 Å². The van der Waals surface area contributed by atoms with Gasteiger partial charge in [0, 0.05) is 24.8 Å². The molecule has 1 amide bonds. The van der Waals surface area contributed by atoms with Crippen molar-refractivity contribution in [2.24, 2.45) is 0 Å². The molecule has 43 heavy (non-hydrogen) atoms. The van der Waals surface area contributed by atoms with Gasteiger partial charge in [0.25, 0.3) is 10.0 Å². The fourth-order valence-corrected chi connectivity index (χ4v) is 5.35. The summed E-state index contributed by atoms with van der Waals surface area (Å²) in [6, 6.07) is 0. The highest BCUT2D eigenvalue weighted by molar-refractivity contribution is 7.89. The summed E-state index contributed by atoms with van der Waals surface area (Å²) in [7, 11) is -3.80. The molecule has 0 atom stereocenters. The van der Waals surface area contributed by atoms with E-state index in [-0.39, 0.29) is 35.0 Å². The van der Waals surface area contributed by atoms with E-state index < -0.39 is 10.0 Å². The van der Waals surface area contributed by atoms with Gasteiger partial charge in [-0.1, -0.05) is 0 Å². The molecule has 0 unspecified atom stereocenters. The van der Waals surface area contributed by atoms with Gasteiger partial charge < -0.3 is 43.2 Å². The van der Waals surface area contributed by atoms with Crippen molar-refractivity contribution in [2.75, 3.05) is 118 Å². The Kier molecular flexibility index (Phi) is 23.5. The van der Waals surface area contributed by atoms with Crippen LogP contribution in [0, 0.1) is 6.92 Å². The van der Waals surface area contributed by atoms with Crippen molar-refractivity contribution in [1.82, 2.24) is 9.71 Å². The molecule has 0 spiro atoms. The summed E-state index contributed by atoms with van der Waals surface area (Å²) in [5.74, 6) is -0.206. The van der Waals surface area contributed by atoms with E-state index in [1.54, 1.807) is 6.92 Å². The number of amides is 1. The number of aromatic nitrogens is 1. The molecule has 2 N–H and O–H groups in total. The number of carbonyl (C=O) groups is 2. The Balaban J connectivity index is 1.80. The smallest absolute Gasteiger partial charge is 0.259 e. The molecule has 0 aliphatic carbocycles. The van der Waals surface area contributed by atoms with Crippen LogP contribution in [0.2, 0.25) is 0 Å². The third-order valence-corrected chi connectivity index (χ3v) is 7.54. The lowest BCUT2D eigenvalue weighted by Crippen LogP contribution is -2.28. The predicted octanol–water partition coefficient (Wildman–Crippen LogP) is 0.800. The van der Waals surface area contributed by atoms with Crippen LogP contribution < -0.4 is 10.0 Å². The molecule has 250 valence electrons. The van der Waals surface area contributed by atoms with Crippen LogP contribution in [-0.4, -0.2) is 137 Å². The first-order valence-electron chi connectivity index (χ1n) is 14.1. The number of ether oxygens (including phenoxy) is 8. The number of sulfonamides is 1. The summed E-state index contributed by atoms with van der Waals surface area (Å²) in [5.41, 5.74) is 0. The minimum atomic E-state index is -3.80. The highest BCUT2D eigenvalue weighted by Gasteiger charge is 2.22. The zero-order valence-electron chi connectivity index (χ0n) is 25.4. The maximum Gasteiger partial charge on any atom is 0.259 e. The summed E-state index contributed by atoms with van der Waals surface area (Å²) in [4.78, 5) is 26.3. The van der Waals surface area contributed by atoms with Crippen LogP contribution >= 0.6 is 11.3 Å². The normalized spacial score (nSPS) is 11.7. The zero-order chi connectivity index (χ0) is 31.6. The molecular weight excluding hydrogens is 610 g/mol. The molecule has 0 fully saturated rings. The van der Waals surface area contributed by atoms with Crippen molar-refractivity contribution in [3.8, 4) is 0 Å². The lowest BCUT2D eigenvalue weighted by Gasteiger charge is -2.09. The van der Waals surface area contributed by atoms with Gasteiger partial charge in [0.1, 0.15) is 5.78 Å². The average Bonchev–Trinajstić information content (AvgIpc) is 3.32. The third-order valence-electron chi connectivity index (χ3n) is 5.03. The maximum atomic E-state index is 12.4. The van der Waals surface area contributed by atoms with E-state index in [0.29, 0.717) is 110 Å². The lowest BCUT2D eigenvalue weighted by molar-refractivity contribution is -0.118. The van der Waals surface area contributed by atoms with Crippen LogP contribution in [0.4, 0.5) is 5.13 Å². The van der Waals surface area contributed by atoms with Crippen molar-refractivity contribution < 1.29 is 55.9 Å². The van der Waals surface area contributed by atoms with Crippen LogP contribution in [0.3, 0.4) is 0 Å². The molecule has 0 saturated carbocycles. The van der Waals surface area contributed by atoms with Gasteiger partial charge in [-0.3, -0.25) is 9.59 Å². The second-order valence-corrected chi connectivity index (χ2v) is 11.7. The first kappa shape index (κ1) is 39.4. The van der Waals surface area contributed by atoms with E-state index >= 15 is 0 Å². The molecule has 1 aromatic rings. The Morgan fingerprint density at radius 1 is 0.651 bits per heavy atom. The second kappa shape index (κ2) is 25.7. The fourth-order valence-electron chi connectivity index (χ4n) is 3.01. The highest BCUT2D eigenvalue weighted by atomic mass is 32.2. The first-order valence-corrected chi connectivity index (χ1v) is 16.4. The number of hydrogen-bond acceptors (Lipinski definition) is 14. The maximum absolute atomic E-state index is 12.4. The number of hydrogen-bond donors (Lipinski definition) is 2. The number of anilines is 1. The quantitative estimate of drug-likeness (QED) is 0.111. The molecule has 15 nitrogen and oxygen atoms in total. The molecule has 0 saturated heterocycles. The van der Waals surface area contributed by atoms with Gasteiger partial charge in [0.2, 0.25) is 5.91 Å². The Morgan fingerprint density at radius 3 is 1.40 bits per heavy atom. The number of aryl methyl sites for hydroxylation is 1. The summed E-state index contributed by atoms with van der Waals surface area (Å²) in [5, 5.41) is 2.61. The van der Waals surface area contributed by atoms with Crippen LogP contribution in [0.5, 0.6) is 0 Å². The molecular formula is C26H47N3O12S2. The molecule has 0 aliphatic rings. The fraction of sp³-hybridized carbons (Fsp3) is 0.808. The van der Waals surface area contributed by atoms with Crippen LogP contribution in [-0.2, 0) is 57.5 Å². The molecule has 0 aromatic carbocycles. The minimum Gasteiger partial charge on any atom is -0.379 e. The van der Waals surface area contributed by atoms with E-state index in [1.807, 2.05) is 0 Å². The predicted molar refractivity (Wildman–Crippen MR) is 158 cm³/mol. The van der Waals surface area contributed by atoms with Crippen LogP contribution in [0.15, 0.2) is 5.03 Å². The van der Waals surface area contributed by atoms with Crippen molar-refractivity contribution in [3.05, 3.63) is 4.88 Å². The van der Waals surface area contributed by atoms with Gasteiger partial charge in [-0.15, -0.1) is 11.3 Å². The summed E-state index contributed by atoms with van der Waals surface area (Å²) in [6.45, 7) is 11.3. The van der Waals surface area contributed by atoms with E-state index in [2.05, 4.69) is 15.0 Å². The number of rotatable bonds is 30. The molecule has 1 heterocycles. The lowest BCUT2D eigenvalue weighted by atomic mass is 10.3. The first-order chi connectivity index (χ1) is 20.7. The van der Waals surface area contributed by atoms with Crippen LogP contribution in [0.25, 0.3) is 0 Å². The summed E-state index contributed by atoms with van der Waals surface area (Å²) >= 11 is 1.09. The summed E-state index contributed by atoms with van der Waals surface area (Å²) < 4.78 is 70.3. The van der Waals surface area contributed by atoms with Gasteiger partial charge in [-0.05, 0) is 13.8 Å². The Bertz CT molecular complexity index is 979. The van der Waals surface area contributed by atoms with Crippen molar-refractivity contribution >= 4 is 38.2 Å². The number of nitrogens with one attached hydrogen (secondary N) is 2. The minimum absolute atomic E-state index is 0.0781. The summed E-state index contributed by atoms with van der Waals surface area (Å²) in [6.07, 6.45) is 0.429. The number of Topliss-reactive ketones (excluding diaryl/α,β-unsaturated/α-hetero) is 1. The van der Waals surface area contributed by atoms with E-state index in [0.717, 1.165) is 11.3 Å². The number of carbonyl (C=O) groups excluding carboxylic acids is 2. The van der Waals surface area contributed by atoms with Gasteiger partial charge in [0.15, 0.2) is 10.2 Å². The Hall–Kier alpha value is -1.64. The molecule has 0 bridgehead atoms. The van der Waals surface area contributed by atoms with Crippen molar-refractivity contribution in [2.45, 2.75) is 32.2 Å². The second-order valence-electron chi connectivity index (χ2n) is 8.81. The monoisotopic (exact) mass is 657 g/mol. The molecule has 1 rings (SSSR count). The van der Waals surface area contributed by atoms with Crippen LogP contribution in [0.1, 0.15) is 25.1 Å². The van der Waals surface area contributed by atoms with Crippen molar-refractivity contribution in [3.63, 3.8) is 0 Å². The topological polar surface area (TPSA) is 179 Å². The number of nitrogens with zero attached hydrogens (tertiary/aromatic N) is 1. The standard InChI is InChI=1S/C26H47N3O12S2/c1-22(30)4-6-34-8-10-36-12-14-38-16-18-40-20-21-41-19-17-39-15-13-37-11-9-35-7-5-27-43(32,33)25-23(2)42-26(29-25)28-24(3)31/h27H,4-21H2,1-3H3,(H,28,29,31). The molecule has 0 aliphatic heterocycles. The zero-order valence-corrected chi connectivity index (χ0v) is 27.0. The molecule has 17 heteroatoms. The van der Waals surface area contributed by atoms with E-state index in [1.165, 1.54) is 13.8 Å².